The van der Waals surface area contributed by atoms with E-state index in [1.165, 1.54) is 0 Å². The first-order chi connectivity index (χ1) is 15.8. The summed E-state index contributed by atoms with van der Waals surface area (Å²) in [5.74, 6) is 0. The zero-order valence-corrected chi connectivity index (χ0v) is 18.5. The van der Waals surface area contributed by atoms with Crippen molar-refractivity contribution in [1.29, 1.82) is 0 Å². The summed E-state index contributed by atoms with van der Waals surface area (Å²) in [7, 11) is 1.62. The number of rotatable bonds is 14. The number of methoxy groups -OCH3 is 1. The van der Waals surface area contributed by atoms with Crippen molar-refractivity contribution in [2.24, 2.45) is 0 Å². The molecule has 0 aliphatic rings. The van der Waals surface area contributed by atoms with Crippen LogP contribution in [0.3, 0.4) is 0 Å². The maximum Gasteiger partial charge on any atom is 0.114 e. The second kappa shape index (κ2) is 13.8. The number of ether oxygens (including phenoxy) is 4. The molecule has 0 saturated carbocycles. The van der Waals surface area contributed by atoms with Crippen molar-refractivity contribution in [1.82, 2.24) is 0 Å². The number of aliphatic hydroxyl groups is 1. The molecule has 170 valence electrons. The van der Waals surface area contributed by atoms with E-state index in [0.717, 1.165) is 16.7 Å². The van der Waals surface area contributed by atoms with Gasteiger partial charge in [-0.15, -0.1) is 0 Å². The average Bonchev–Trinajstić information content (AvgIpc) is 2.84. The van der Waals surface area contributed by atoms with Crippen LogP contribution in [0.4, 0.5) is 0 Å². The van der Waals surface area contributed by atoms with Crippen LogP contribution in [0.2, 0.25) is 0 Å². The Balaban J connectivity index is 1.64. The molecule has 0 aliphatic heterocycles. The Morgan fingerprint density at radius 1 is 0.625 bits per heavy atom. The largest absolute Gasteiger partial charge is 0.388 e. The maximum atomic E-state index is 11.0. The molecule has 0 spiro atoms. The van der Waals surface area contributed by atoms with E-state index >= 15 is 0 Å². The SMILES string of the molecule is COC[C@@H](OCc1ccccc1)[C@H](OCc1ccccc1)[C@H](O)COCc1ccccc1. The number of benzene rings is 3. The van der Waals surface area contributed by atoms with Crippen LogP contribution in [0.15, 0.2) is 91.0 Å². The summed E-state index contributed by atoms with van der Waals surface area (Å²) >= 11 is 0. The van der Waals surface area contributed by atoms with E-state index in [1.807, 2.05) is 91.0 Å². The molecule has 1 N–H and O–H groups in total. The second-order valence-corrected chi connectivity index (χ2v) is 7.62. The fourth-order valence-corrected chi connectivity index (χ4v) is 3.38. The van der Waals surface area contributed by atoms with Crippen LogP contribution in [-0.2, 0) is 38.8 Å². The van der Waals surface area contributed by atoms with Crippen LogP contribution in [0.1, 0.15) is 16.7 Å². The quantitative estimate of drug-likeness (QED) is 0.406. The molecule has 3 aromatic carbocycles. The predicted octanol–water partition coefficient (Wildman–Crippen LogP) is 4.38. The van der Waals surface area contributed by atoms with Crippen molar-refractivity contribution in [2.75, 3.05) is 20.3 Å². The lowest BCUT2D eigenvalue weighted by Gasteiger charge is -2.31. The van der Waals surface area contributed by atoms with Gasteiger partial charge in [-0.2, -0.15) is 0 Å². The third-order valence-electron chi connectivity index (χ3n) is 5.07. The Bertz CT molecular complexity index is 857. The van der Waals surface area contributed by atoms with E-state index in [0.29, 0.717) is 26.4 Å². The minimum Gasteiger partial charge on any atom is -0.388 e. The van der Waals surface area contributed by atoms with Gasteiger partial charge in [-0.1, -0.05) is 91.0 Å². The topological polar surface area (TPSA) is 57.2 Å². The molecule has 0 unspecified atom stereocenters. The zero-order valence-electron chi connectivity index (χ0n) is 18.5. The first-order valence-electron chi connectivity index (χ1n) is 10.9. The standard InChI is InChI=1S/C27H32O5/c1-29-21-26(31-18-23-13-7-3-8-14-23)27(32-19-24-15-9-4-10-16-24)25(28)20-30-17-22-11-5-2-6-12-22/h2-16,25-28H,17-21H2,1H3/t25-,26-,27-/m1/s1. The summed E-state index contributed by atoms with van der Waals surface area (Å²) in [5.41, 5.74) is 3.12. The highest BCUT2D eigenvalue weighted by molar-refractivity contribution is 5.15. The van der Waals surface area contributed by atoms with Gasteiger partial charge in [0.05, 0.1) is 33.0 Å². The fourth-order valence-electron chi connectivity index (χ4n) is 3.38. The monoisotopic (exact) mass is 436 g/mol. The van der Waals surface area contributed by atoms with Gasteiger partial charge in [-0.05, 0) is 16.7 Å². The van der Waals surface area contributed by atoms with Gasteiger partial charge in [0.2, 0.25) is 0 Å². The normalized spacial score (nSPS) is 14.1. The van der Waals surface area contributed by atoms with E-state index in [2.05, 4.69) is 0 Å². The summed E-state index contributed by atoms with van der Waals surface area (Å²) in [5, 5.41) is 11.0. The Kier molecular flexibility index (Phi) is 10.4. The Labute approximate surface area is 190 Å². The van der Waals surface area contributed by atoms with E-state index in [1.54, 1.807) is 7.11 Å². The zero-order chi connectivity index (χ0) is 22.4. The van der Waals surface area contributed by atoms with Crippen molar-refractivity contribution < 1.29 is 24.1 Å². The Morgan fingerprint density at radius 3 is 1.59 bits per heavy atom. The van der Waals surface area contributed by atoms with Crippen molar-refractivity contribution in [3.63, 3.8) is 0 Å². The highest BCUT2D eigenvalue weighted by atomic mass is 16.6. The van der Waals surface area contributed by atoms with Crippen molar-refractivity contribution in [3.8, 4) is 0 Å². The summed E-state index contributed by atoms with van der Waals surface area (Å²) in [6, 6.07) is 29.7. The van der Waals surface area contributed by atoms with Crippen LogP contribution in [0, 0.1) is 0 Å². The molecular weight excluding hydrogens is 404 g/mol. The molecule has 5 heteroatoms. The molecule has 32 heavy (non-hydrogen) atoms. The van der Waals surface area contributed by atoms with E-state index in [-0.39, 0.29) is 6.61 Å². The van der Waals surface area contributed by atoms with Crippen LogP contribution >= 0.6 is 0 Å². The number of aliphatic hydroxyl groups excluding tert-OH is 1. The van der Waals surface area contributed by atoms with Gasteiger partial charge in [0.1, 0.15) is 18.3 Å². The highest BCUT2D eigenvalue weighted by Crippen LogP contribution is 2.16. The van der Waals surface area contributed by atoms with Gasteiger partial charge in [0.25, 0.3) is 0 Å². The second-order valence-electron chi connectivity index (χ2n) is 7.62. The first-order valence-corrected chi connectivity index (χ1v) is 10.9. The smallest absolute Gasteiger partial charge is 0.114 e. The van der Waals surface area contributed by atoms with Gasteiger partial charge in [0, 0.05) is 7.11 Å². The molecular formula is C27H32O5. The average molecular weight is 437 g/mol. The van der Waals surface area contributed by atoms with E-state index < -0.39 is 18.3 Å². The van der Waals surface area contributed by atoms with Crippen LogP contribution in [-0.4, -0.2) is 43.7 Å². The molecule has 0 saturated heterocycles. The van der Waals surface area contributed by atoms with Gasteiger partial charge < -0.3 is 24.1 Å². The van der Waals surface area contributed by atoms with Crippen LogP contribution in [0.25, 0.3) is 0 Å². The van der Waals surface area contributed by atoms with E-state index in [4.69, 9.17) is 18.9 Å². The molecule has 0 fully saturated rings. The van der Waals surface area contributed by atoms with Gasteiger partial charge >= 0.3 is 0 Å². The summed E-state index contributed by atoms with van der Waals surface area (Å²) < 4.78 is 23.5. The molecule has 0 amide bonds. The lowest BCUT2D eigenvalue weighted by molar-refractivity contribution is -0.160. The Morgan fingerprint density at radius 2 is 1.09 bits per heavy atom. The van der Waals surface area contributed by atoms with Gasteiger partial charge in [-0.3, -0.25) is 0 Å². The molecule has 0 aromatic heterocycles. The first kappa shape index (κ1) is 24.1. The minimum absolute atomic E-state index is 0.128. The minimum atomic E-state index is -0.877. The molecule has 0 aliphatic carbocycles. The molecule has 3 aromatic rings. The lowest BCUT2D eigenvalue weighted by atomic mass is 10.1. The molecule has 3 rings (SSSR count). The van der Waals surface area contributed by atoms with Gasteiger partial charge in [-0.25, -0.2) is 0 Å². The van der Waals surface area contributed by atoms with E-state index in [9.17, 15) is 5.11 Å². The molecule has 5 nitrogen and oxygen atoms in total. The lowest BCUT2D eigenvalue weighted by Crippen LogP contribution is -2.45. The van der Waals surface area contributed by atoms with Crippen molar-refractivity contribution in [2.45, 2.75) is 38.1 Å². The van der Waals surface area contributed by atoms with Gasteiger partial charge in [0.15, 0.2) is 0 Å². The third-order valence-corrected chi connectivity index (χ3v) is 5.07. The summed E-state index contributed by atoms with van der Waals surface area (Å²) in [4.78, 5) is 0. The molecule has 0 bridgehead atoms. The van der Waals surface area contributed by atoms with Crippen molar-refractivity contribution in [3.05, 3.63) is 108 Å². The van der Waals surface area contributed by atoms with Crippen LogP contribution in [0.5, 0.6) is 0 Å². The summed E-state index contributed by atoms with van der Waals surface area (Å²) in [6.45, 7) is 1.60. The van der Waals surface area contributed by atoms with Crippen LogP contribution < -0.4 is 0 Å². The number of hydrogen-bond acceptors (Lipinski definition) is 5. The van der Waals surface area contributed by atoms with Crippen molar-refractivity contribution >= 4 is 0 Å². The predicted molar refractivity (Wildman–Crippen MR) is 124 cm³/mol. The highest BCUT2D eigenvalue weighted by Gasteiger charge is 2.31. The number of hydrogen-bond donors (Lipinski definition) is 1. The molecule has 0 heterocycles. The molecule has 0 radical (unpaired) electrons. The fraction of sp³-hybridized carbons (Fsp3) is 0.333. The third kappa shape index (κ3) is 8.19. The summed E-state index contributed by atoms with van der Waals surface area (Å²) in [6.07, 6.45) is -1.95. The molecule has 3 atom stereocenters. The Hall–Kier alpha value is -2.54. The maximum absolute atomic E-state index is 11.0.